The van der Waals surface area contributed by atoms with Crippen LogP contribution >= 0.6 is 0 Å². The zero-order chi connectivity index (χ0) is 58.5. The number of unbranched alkanes of at least 4 members (excludes halogenated alkanes) is 42. The van der Waals surface area contributed by atoms with Crippen molar-refractivity contribution in [3.05, 3.63) is 72.9 Å². The zero-order valence-electron chi connectivity index (χ0n) is 54.1. The summed E-state index contributed by atoms with van der Waals surface area (Å²) in [7, 11) is 0. The SMILES string of the molecule is CC/C=C\C/C=C\C/C=C\C/C=C\CCCCCCCCC(=O)OC(COC(=O)CCCCCCCCCCCCCCCCC)COC(=O)CCCCCCCCCCCCCCCCCCC/C=C\C/C=C\CCCCCCC. The summed E-state index contributed by atoms with van der Waals surface area (Å²) in [4.78, 5) is 38.4. The van der Waals surface area contributed by atoms with Crippen molar-refractivity contribution in [2.75, 3.05) is 13.2 Å². The summed E-state index contributed by atoms with van der Waals surface area (Å²) >= 11 is 0. The van der Waals surface area contributed by atoms with Gasteiger partial charge in [0.1, 0.15) is 13.2 Å². The van der Waals surface area contributed by atoms with Crippen molar-refractivity contribution in [2.24, 2.45) is 0 Å². The maximum Gasteiger partial charge on any atom is 0.306 e. The average Bonchev–Trinajstić information content (AvgIpc) is 3.47. The second-order valence-corrected chi connectivity index (χ2v) is 23.8. The van der Waals surface area contributed by atoms with Crippen molar-refractivity contribution in [3.63, 3.8) is 0 Å². The van der Waals surface area contributed by atoms with Gasteiger partial charge in [0.05, 0.1) is 0 Å². The van der Waals surface area contributed by atoms with Crippen molar-refractivity contribution in [2.45, 2.75) is 374 Å². The maximum atomic E-state index is 12.9. The zero-order valence-corrected chi connectivity index (χ0v) is 54.1. The Morgan fingerprint density at radius 3 is 0.753 bits per heavy atom. The summed E-state index contributed by atoms with van der Waals surface area (Å²) in [5.74, 6) is -0.868. The predicted octanol–water partition coefficient (Wildman–Crippen LogP) is 24.4. The van der Waals surface area contributed by atoms with Gasteiger partial charge in [-0.05, 0) is 89.9 Å². The van der Waals surface area contributed by atoms with Crippen LogP contribution in [0.25, 0.3) is 0 Å². The predicted molar refractivity (Wildman–Crippen MR) is 353 cm³/mol. The molecule has 0 aromatic rings. The number of carbonyl (C=O) groups is 3. The van der Waals surface area contributed by atoms with Crippen molar-refractivity contribution >= 4 is 17.9 Å². The molecule has 0 saturated heterocycles. The highest BCUT2D eigenvalue weighted by Gasteiger charge is 2.19. The van der Waals surface area contributed by atoms with Gasteiger partial charge in [-0.15, -0.1) is 0 Å². The number of carbonyl (C=O) groups excluding carboxylic acids is 3. The van der Waals surface area contributed by atoms with Gasteiger partial charge < -0.3 is 14.2 Å². The molecule has 0 amide bonds. The van der Waals surface area contributed by atoms with E-state index in [1.807, 2.05) is 0 Å². The van der Waals surface area contributed by atoms with E-state index in [-0.39, 0.29) is 31.1 Å². The van der Waals surface area contributed by atoms with Gasteiger partial charge in [0.2, 0.25) is 0 Å². The molecule has 470 valence electrons. The molecule has 1 atom stereocenters. The van der Waals surface area contributed by atoms with E-state index in [0.29, 0.717) is 19.3 Å². The molecule has 0 aromatic carbocycles. The van der Waals surface area contributed by atoms with Crippen LogP contribution in [0, 0.1) is 0 Å². The molecule has 1 unspecified atom stereocenters. The van der Waals surface area contributed by atoms with Gasteiger partial charge in [-0.3, -0.25) is 14.4 Å². The van der Waals surface area contributed by atoms with Gasteiger partial charge in [0.15, 0.2) is 6.10 Å². The summed E-state index contributed by atoms with van der Waals surface area (Å²) in [6, 6.07) is 0. The lowest BCUT2D eigenvalue weighted by Gasteiger charge is -2.18. The third kappa shape index (κ3) is 67.5. The van der Waals surface area contributed by atoms with Crippen LogP contribution in [-0.4, -0.2) is 37.2 Å². The van der Waals surface area contributed by atoms with Gasteiger partial charge in [0.25, 0.3) is 0 Å². The second kappa shape index (κ2) is 69.3. The van der Waals surface area contributed by atoms with Gasteiger partial charge >= 0.3 is 17.9 Å². The molecule has 0 bridgehead atoms. The summed E-state index contributed by atoms with van der Waals surface area (Å²) in [6.07, 6.45) is 90.7. The Kier molecular flexibility index (Phi) is 66.6. The van der Waals surface area contributed by atoms with E-state index < -0.39 is 6.10 Å². The highest BCUT2D eigenvalue weighted by atomic mass is 16.6. The standard InChI is InChI=1S/C75H134O6/c1-4-7-10-13-16-19-22-25-28-30-32-33-34-35-36-37-38-39-40-41-43-44-47-50-53-56-59-62-65-68-74(77)80-71-72(70-79-73(76)67-64-61-58-55-52-49-46-27-24-21-18-15-12-9-6-3)81-75(78)69-66-63-60-57-54-51-48-45-42-31-29-26-23-20-17-14-11-8-5-2/h8,11,17,20,22,25-26,29-30,32,42,45,72H,4-7,9-10,12-16,18-19,21,23-24,27-28,31,33-41,43-44,46-71H2,1-3H3/b11-8-,20-17-,25-22-,29-26-,32-30-,45-42-. The molecule has 0 saturated carbocycles. The number of allylic oxidation sites excluding steroid dienone is 12. The number of esters is 3. The summed E-state index contributed by atoms with van der Waals surface area (Å²) < 4.78 is 17.0. The third-order valence-corrected chi connectivity index (χ3v) is 15.7. The van der Waals surface area contributed by atoms with E-state index >= 15 is 0 Å². The first-order valence-electron chi connectivity index (χ1n) is 35.4. The molecule has 6 nitrogen and oxygen atoms in total. The van der Waals surface area contributed by atoms with Crippen LogP contribution in [0.5, 0.6) is 0 Å². The van der Waals surface area contributed by atoms with Crippen LogP contribution in [0.4, 0.5) is 0 Å². The molecule has 0 aliphatic heterocycles. The molecule has 0 fully saturated rings. The van der Waals surface area contributed by atoms with E-state index in [1.165, 1.54) is 225 Å². The molecule has 0 heterocycles. The quantitative estimate of drug-likeness (QED) is 0.0261. The molecule has 0 N–H and O–H groups in total. The fraction of sp³-hybridized carbons (Fsp3) is 0.800. The maximum absolute atomic E-state index is 12.9. The molecule has 0 aliphatic rings. The summed E-state index contributed by atoms with van der Waals surface area (Å²) in [5, 5.41) is 0. The lowest BCUT2D eigenvalue weighted by atomic mass is 10.0. The van der Waals surface area contributed by atoms with Crippen LogP contribution in [0.2, 0.25) is 0 Å². The fourth-order valence-corrected chi connectivity index (χ4v) is 10.4. The monoisotopic (exact) mass is 1130 g/mol. The van der Waals surface area contributed by atoms with Gasteiger partial charge in [0, 0.05) is 19.3 Å². The molecule has 0 aromatic heterocycles. The Labute approximate surface area is 503 Å². The van der Waals surface area contributed by atoms with Crippen molar-refractivity contribution in [1.82, 2.24) is 0 Å². The highest BCUT2D eigenvalue weighted by Crippen LogP contribution is 2.18. The number of hydrogen-bond acceptors (Lipinski definition) is 6. The molecule has 81 heavy (non-hydrogen) atoms. The second-order valence-electron chi connectivity index (χ2n) is 23.8. The topological polar surface area (TPSA) is 78.9 Å². The minimum Gasteiger partial charge on any atom is -0.462 e. The van der Waals surface area contributed by atoms with Crippen LogP contribution in [-0.2, 0) is 28.6 Å². The first-order valence-corrected chi connectivity index (χ1v) is 35.4. The molecular weight excluding hydrogens is 997 g/mol. The van der Waals surface area contributed by atoms with E-state index in [0.717, 1.165) is 103 Å². The normalized spacial score (nSPS) is 12.5. The third-order valence-electron chi connectivity index (χ3n) is 15.7. The fourth-order valence-electron chi connectivity index (χ4n) is 10.4. The number of hydrogen-bond donors (Lipinski definition) is 0. The first-order chi connectivity index (χ1) is 40.0. The minimum atomic E-state index is -0.782. The van der Waals surface area contributed by atoms with Crippen molar-refractivity contribution in [3.8, 4) is 0 Å². The Morgan fingerprint density at radius 2 is 0.481 bits per heavy atom. The Morgan fingerprint density at radius 1 is 0.259 bits per heavy atom. The van der Waals surface area contributed by atoms with Gasteiger partial charge in [-0.1, -0.05) is 331 Å². The lowest BCUT2D eigenvalue weighted by molar-refractivity contribution is -0.167. The van der Waals surface area contributed by atoms with E-state index in [2.05, 4.69) is 93.7 Å². The smallest absolute Gasteiger partial charge is 0.306 e. The summed E-state index contributed by atoms with van der Waals surface area (Å²) in [6.45, 7) is 6.56. The minimum absolute atomic E-state index is 0.0767. The average molecular weight is 1130 g/mol. The van der Waals surface area contributed by atoms with Gasteiger partial charge in [-0.2, -0.15) is 0 Å². The lowest BCUT2D eigenvalue weighted by Crippen LogP contribution is -2.30. The van der Waals surface area contributed by atoms with E-state index in [4.69, 9.17) is 14.2 Å². The van der Waals surface area contributed by atoms with Crippen molar-refractivity contribution in [1.29, 1.82) is 0 Å². The van der Waals surface area contributed by atoms with Gasteiger partial charge in [-0.25, -0.2) is 0 Å². The van der Waals surface area contributed by atoms with Crippen LogP contribution in [0.1, 0.15) is 367 Å². The van der Waals surface area contributed by atoms with Crippen LogP contribution in [0.3, 0.4) is 0 Å². The molecule has 6 heteroatoms. The molecule has 0 radical (unpaired) electrons. The molecule has 0 aliphatic carbocycles. The van der Waals surface area contributed by atoms with Crippen molar-refractivity contribution < 1.29 is 28.6 Å². The van der Waals surface area contributed by atoms with E-state index in [9.17, 15) is 14.4 Å². The molecule has 0 spiro atoms. The highest BCUT2D eigenvalue weighted by molar-refractivity contribution is 5.71. The largest absolute Gasteiger partial charge is 0.462 e. The first kappa shape index (κ1) is 77.9. The van der Waals surface area contributed by atoms with E-state index in [1.54, 1.807) is 0 Å². The Hall–Kier alpha value is -3.15. The Balaban J connectivity index is 4.26. The van der Waals surface area contributed by atoms with Crippen LogP contribution in [0.15, 0.2) is 72.9 Å². The number of rotatable bonds is 65. The number of ether oxygens (including phenoxy) is 3. The summed E-state index contributed by atoms with van der Waals surface area (Å²) in [5.41, 5.74) is 0. The molecule has 0 rings (SSSR count). The Bertz CT molecular complexity index is 1490. The molecular formula is C75H134O6. The van der Waals surface area contributed by atoms with Crippen LogP contribution < -0.4 is 0 Å².